The Kier molecular flexibility index (Phi) is 8.38. The van der Waals surface area contributed by atoms with Crippen molar-refractivity contribution in [3.8, 4) is 5.75 Å². The summed E-state index contributed by atoms with van der Waals surface area (Å²) in [6.07, 6.45) is 1.30. The van der Waals surface area contributed by atoms with Crippen LogP contribution in [0.5, 0.6) is 5.75 Å². The average molecular weight is 518 g/mol. The van der Waals surface area contributed by atoms with E-state index in [1.807, 2.05) is 12.1 Å². The summed E-state index contributed by atoms with van der Waals surface area (Å²) in [6.45, 7) is -3.01. The molecule has 0 radical (unpaired) electrons. The average Bonchev–Trinajstić information content (AvgIpc) is 2.85. The lowest BCUT2D eigenvalue weighted by molar-refractivity contribution is -0.0546. The van der Waals surface area contributed by atoms with Gasteiger partial charge in [-0.3, -0.25) is 0 Å². The van der Waals surface area contributed by atoms with E-state index in [1.54, 1.807) is 37.4 Å². The van der Waals surface area contributed by atoms with Crippen LogP contribution < -0.4 is 4.74 Å². The second kappa shape index (κ2) is 11.7. The largest absolute Gasteiger partial charge is 0.429 e. The Morgan fingerprint density at radius 3 is 1.95 bits per heavy atom. The van der Waals surface area contributed by atoms with E-state index in [9.17, 15) is 22.0 Å². The van der Waals surface area contributed by atoms with Gasteiger partial charge >= 0.3 is 6.61 Å². The third-order valence-electron chi connectivity index (χ3n) is 6.16. The maximum atomic E-state index is 15.2. The molecule has 8 heteroatoms. The van der Waals surface area contributed by atoms with Crippen LogP contribution >= 0.6 is 0 Å². The molecule has 37 heavy (non-hydrogen) atoms. The molecule has 0 N–H and O–H groups in total. The second-order valence-corrected chi connectivity index (χ2v) is 8.72. The van der Waals surface area contributed by atoms with Crippen molar-refractivity contribution in [2.24, 2.45) is 0 Å². The van der Waals surface area contributed by atoms with Gasteiger partial charge < -0.3 is 9.47 Å². The SMILES string of the molecule is COCc1ccc(CCc2ccc3c(F)c(CCc4cc(F)c(OC(F)F)c(F)c4)ccc3c2)c(F)c1. The smallest absolute Gasteiger partial charge is 0.387 e. The van der Waals surface area contributed by atoms with Crippen molar-refractivity contribution < 1.29 is 35.8 Å². The monoisotopic (exact) mass is 518 g/mol. The predicted octanol–water partition coefficient (Wildman–Crippen LogP) is 7.71. The molecule has 0 aliphatic carbocycles. The van der Waals surface area contributed by atoms with Crippen molar-refractivity contribution >= 4 is 10.8 Å². The lowest BCUT2D eigenvalue weighted by atomic mass is 9.97. The first-order valence-corrected chi connectivity index (χ1v) is 11.6. The number of fused-ring (bicyclic) bond motifs is 1. The molecule has 0 atom stereocenters. The molecule has 0 bridgehead atoms. The number of hydrogen-bond acceptors (Lipinski definition) is 2. The molecular weight excluding hydrogens is 494 g/mol. The Morgan fingerprint density at radius 2 is 1.27 bits per heavy atom. The summed E-state index contributed by atoms with van der Waals surface area (Å²) >= 11 is 0. The molecule has 2 nitrogen and oxygen atoms in total. The van der Waals surface area contributed by atoms with E-state index in [-0.39, 0.29) is 24.2 Å². The Balaban J connectivity index is 1.44. The molecule has 0 saturated carbocycles. The summed E-state index contributed by atoms with van der Waals surface area (Å²) in [6, 6.07) is 15.5. The molecule has 0 unspecified atom stereocenters. The molecule has 4 rings (SSSR count). The van der Waals surface area contributed by atoms with Crippen LogP contribution in [-0.2, 0) is 37.0 Å². The number of hydrogen-bond donors (Lipinski definition) is 0. The fraction of sp³-hybridized carbons (Fsp3) is 0.241. The van der Waals surface area contributed by atoms with Gasteiger partial charge in [-0.05, 0) is 77.1 Å². The van der Waals surface area contributed by atoms with Gasteiger partial charge in [-0.25, -0.2) is 17.6 Å². The molecular formula is C29H24F6O2. The van der Waals surface area contributed by atoms with Gasteiger partial charge in [0.2, 0.25) is 0 Å². The molecule has 0 fully saturated rings. The van der Waals surface area contributed by atoms with Gasteiger partial charge in [0, 0.05) is 12.5 Å². The van der Waals surface area contributed by atoms with Crippen molar-refractivity contribution in [1.82, 2.24) is 0 Å². The lowest BCUT2D eigenvalue weighted by Crippen LogP contribution is -2.06. The van der Waals surface area contributed by atoms with Crippen molar-refractivity contribution in [2.75, 3.05) is 7.11 Å². The van der Waals surface area contributed by atoms with Crippen molar-refractivity contribution in [2.45, 2.75) is 38.9 Å². The Hall–Kier alpha value is -3.52. The van der Waals surface area contributed by atoms with E-state index in [2.05, 4.69) is 4.74 Å². The molecule has 0 aliphatic heterocycles. The van der Waals surface area contributed by atoms with Crippen LogP contribution in [0, 0.1) is 23.3 Å². The van der Waals surface area contributed by atoms with E-state index in [0.29, 0.717) is 41.3 Å². The highest BCUT2D eigenvalue weighted by molar-refractivity contribution is 5.84. The predicted molar refractivity (Wildman–Crippen MR) is 129 cm³/mol. The summed E-state index contributed by atoms with van der Waals surface area (Å²) in [5, 5.41) is 1.08. The van der Waals surface area contributed by atoms with E-state index >= 15 is 4.39 Å². The maximum absolute atomic E-state index is 15.2. The highest BCUT2D eigenvalue weighted by Gasteiger charge is 2.17. The van der Waals surface area contributed by atoms with Gasteiger partial charge in [0.25, 0.3) is 0 Å². The van der Waals surface area contributed by atoms with Gasteiger partial charge in [0.15, 0.2) is 17.4 Å². The number of benzene rings is 4. The van der Waals surface area contributed by atoms with E-state index in [4.69, 9.17) is 4.74 Å². The molecule has 0 spiro atoms. The van der Waals surface area contributed by atoms with Gasteiger partial charge in [-0.15, -0.1) is 0 Å². The number of halogens is 6. The number of ether oxygens (including phenoxy) is 2. The minimum absolute atomic E-state index is 0.0953. The Bertz CT molecular complexity index is 1380. The first-order valence-electron chi connectivity index (χ1n) is 11.6. The summed E-state index contributed by atoms with van der Waals surface area (Å²) in [5.41, 5.74) is 2.81. The molecule has 0 aromatic heterocycles. The van der Waals surface area contributed by atoms with Crippen molar-refractivity contribution in [1.29, 1.82) is 0 Å². The van der Waals surface area contributed by atoms with Crippen LogP contribution in [0.2, 0.25) is 0 Å². The van der Waals surface area contributed by atoms with Crippen LogP contribution in [0.4, 0.5) is 26.3 Å². The zero-order chi connectivity index (χ0) is 26.5. The summed E-state index contributed by atoms with van der Waals surface area (Å²) in [4.78, 5) is 0. The van der Waals surface area contributed by atoms with Gasteiger partial charge in [-0.1, -0.05) is 42.5 Å². The number of alkyl halides is 2. The van der Waals surface area contributed by atoms with Crippen LogP contribution in [0.25, 0.3) is 10.8 Å². The normalized spacial score (nSPS) is 11.5. The third-order valence-corrected chi connectivity index (χ3v) is 6.16. The summed E-state index contributed by atoms with van der Waals surface area (Å²) in [7, 11) is 1.55. The fourth-order valence-corrected chi connectivity index (χ4v) is 4.30. The van der Waals surface area contributed by atoms with Crippen LogP contribution in [0.3, 0.4) is 0 Å². The lowest BCUT2D eigenvalue weighted by Gasteiger charge is -2.11. The van der Waals surface area contributed by atoms with Gasteiger partial charge in [0.1, 0.15) is 11.6 Å². The fourth-order valence-electron chi connectivity index (χ4n) is 4.30. The van der Waals surface area contributed by atoms with E-state index < -0.39 is 29.8 Å². The van der Waals surface area contributed by atoms with E-state index in [0.717, 1.165) is 23.3 Å². The first kappa shape index (κ1) is 26.5. The molecule has 0 heterocycles. The maximum Gasteiger partial charge on any atom is 0.387 e. The van der Waals surface area contributed by atoms with E-state index in [1.165, 1.54) is 6.07 Å². The third kappa shape index (κ3) is 6.43. The quantitative estimate of drug-likeness (QED) is 0.200. The highest BCUT2D eigenvalue weighted by atomic mass is 19.3. The molecule has 0 amide bonds. The molecule has 4 aromatic carbocycles. The topological polar surface area (TPSA) is 18.5 Å². The second-order valence-electron chi connectivity index (χ2n) is 8.72. The minimum atomic E-state index is -3.35. The highest BCUT2D eigenvalue weighted by Crippen LogP contribution is 2.28. The molecule has 0 saturated heterocycles. The molecule has 0 aliphatic rings. The van der Waals surface area contributed by atoms with Crippen molar-refractivity contribution in [3.05, 3.63) is 112 Å². The molecule has 194 valence electrons. The minimum Gasteiger partial charge on any atom is -0.429 e. The van der Waals surface area contributed by atoms with Crippen LogP contribution in [0.15, 0.2) is 60.7 Å². The van der Waals surface area contributed by atoms with Crippen LogP contribution in [-0.4, -0.2) is 13.7 Å². The number of aryl methyl sites for hydroxylation is 4. The van der Waals surface area contributed by atoms with Gasteiger partial charge in [-0.2, -0.15) is 8.78 Å². The van der Waals surface area contributed by atoms with Crippen LogP contribution in [0.1, 0.15) is 27.8 Å². The standard InChI is InChI=1S/C29H24F6O2/c1-36-16-19-4-7-20(24(30)15-19)6-2-17-5-11-23-22(12-17)10-9-21(27(23)33)8-3-18-13-25(31)28(26(32)14-18)37-29(34)35/h4-5,7,9-15,29H,2-3,6,8,16H2,1H3. The first-order chi connectivity index (χ1) is 17.7. The van der Waals surface area contributed by atoms with Crippen molar-refractivity contribution in [3.63, 3.8) is 0 Å². The Morgan fingerprint density at radius 1 is 0.649 bits per heavy atom. The zero-order valence-corrected chi connectivity index (χ0v) is 20.0. The molecule has 4 aromatic rings. The zero-order valence-electron chi connectivity index (χ0n) is 20.0. The number of rotatable bonds is 10. The summed E-state index contributed by atoms with van der Waals surface area (Å²) < 4.78 is 90.9. The Labute approximate surface area is 210 Å². The summed E-state index contributed by atoms with van der Waals surface area (Å²) in [5.74, 6) is -4.36. The number of methoxy groups -OCH3 is 1. The van der Waals surface area contributed by atoms with Gasteiger partial charge in [0.05, 0.1) is 6.61 Å².